The zero-order chi connectivity index (χ0) is 23.0. The largest absolute Gasteiger partial charge is 0.370 e. The predicted octanol–water partition coefficient (Wildman–Crippen LogP) is 3.84. The highest BCUT2D eigenvalue weighted by Gasteiger charge is 2.25. The van der Waals surface area contributed by atoms with Gasteiger partial charge in [-0.3, -0.25) is 4.79 Å². The summed E-state index contributed by atoms with van der Waals surface area (Å²) in [4.78, 5) is 23.7. The number of allylic oxidation sites excluding steroid dienone is 2. The van der Waals surface area contributed by atoms with Crippen LogP contribution < -0.4 is 0 Å². The van der Waals surface area contributed by atoms with E-state index in [1.54, 1.807) is 21.6 Å². The number of hydrogen-bond acceptors (Lipinski definition) is 4. The van der Waals surface area contributed by atoms with Crippen LogP contribution in [0.4, 0.5) is 4.39 Å². The first kappa shape index (κ1) is 22.3. The molecule has 4 rings (SSSR count). The fourth-order valence-corrected chi connectivity index (χ4v) is 4.46. The van der Waals surface area contributed by atoms with Gasteiger partial charge in [0, 0.05) is 43.8 Å². The lowest BCUT2D eigenvalue weighted by Crippen LogP contribution is -2.43. The van der Waals surface area contributed by atoms with Crippen LogP contribution in [-0.4, -0.2) is 69.3 Å². The molecule has 1 atom stereocenters. The van der Waals surface area contributed by atoms with E-state index in [9.17, 15) is 9.18 Å². The second-order valence-corrected chi connectivity index (χ2v) is 9.10. The van der Waals surface area contributed by atoms with Crippen LogP contribution in [0.1, 0.15) is 37.9 Å². The minimum absolute atomic E-state index is 0.0369. The van der Waals surface area contributed by atoms with Crippen molar-refractivity contribution in [1.82, 2.24) is 24.1 Å². The highest BCUT2D eigenvalue weighted by atomic mass is 19.1. The zero-order valence-corrected chi connectivity index (χ0v) is 19.5. The molecule has 0 aromatic carbocycles. The molecule has 32 heavy (non-hydrogen) atoms. The number of aromatic nitrogens is 2. The smallest absolute Gasteiger partial charge is 0.251 e. The van der Waals surface area contributed by atoms with Crippen molar-refractivity contribution in [3.05, 3.63) is 65.7 Å². The Morgan fingerprint density at radius 2 is 1.97 bits per heavy atom. The number of aryl methyl sites for hydroxylation is 1. The quantitative estimate of drug-likeness (QED) is 0.682. The monoisotopic (exact) mass is 437 g/mol. The van der Waals surface area contributed by atoms with Crippen molar-refractivity contribution < 1.29 is 9.18 Å². The number of carbonyl (C=O) groups excluding carboxylic acids is 1. The molecule has 1 fully saturated rings. The number of pyridine rings is 1. The summed E-state index contributed by atoms with van der Waals surface area (Å²) in [6, 6.07) is 2.01. The molecule has 0 bridgehead atoms. The number of rotatable bonds is 4. The Kier molecular flexibility index (Phi) is 6.20. The third-order valence-corrected chi connectivity index (χ3v) is 6.49. The lowest BCUT2D eigenvalue weighted by atomic mass is 10.0. The van der Waals surface area contributed by atoms with Gasteiger partial charge in [-0.1, -0.05) is 6.08 Å². The van der Waals surface area contributed by atoms with Gasteiger partial charge in [0.15, 0.2) is 11.5 Å². The number of carbonyl (C=O) groups is 1. The van der Waals surface area contributed by atoms with Gasteiger partial charge in [0.2, 0.25) is 0 Å². The van der Waals surface area contributed by atoms with Gasteiger partial charge in [-0.2, -0.15) is 0 Å². The van der Waals surface area contributed by atoms with E-state index in [-0.39, 0.29) is 11.9 Å². The molecule has 2 aromatic rings. The zero-order valence-electron chi connectivity index (χ0n) is 19.5. The molecule has 0 spiro atoms. The standard InChI is InChI=1S/C25H32FN5O/c1-17(20-13-23(26)25-27-18(2)14-30(25)15-20)12-24(32)31-16-22(7-6-19(31)3)29-10-8-21(9-11-29)28(4)5/h6-7,12-16,19,21H,8-11H2,1-5H3/b17-12+. The Labute approximate surface area is 189 Å². The van der Waals surface area contributed by atoms with E-state index in [4.69, 9.17) is 0 Å². The van der Waals surface area contributed by atoms with Gasteiger partial charge in [0.05, 0.1) is 17.4 Å². The minimum Gasteiger partial charge on any atom is -0.370 e. The van der Waals surface area contributed by atoms with E-state index < -0.39 is 5.82 Å². The van der Waals surface area contributed by atoms with Crippen molar-refractivity contribution in [2.45, 2.75) is 45.7 Å². The summed E-state index contributed by atoms with van der Waals surface area (Å²) in [6.07, 6.45) is 13.5. The van der Waals surface area contributed by atoms with Gasteiger partial charge < -0.3 is 19.1 Å². The van der Waals surface area contributed by atoms with E-state index in [2.05, 4.69) is 41.0 Å². The van der Waals surface area contributed by atoms with Gasteiger partial charge in [0.25, 0.3) is 5.91 Å². The molecule has 2 aliphatic rings. The van der Waals surface area contributed by atoms with Gasteiger partial charge in [0.1, 0.15) is 0 Å². The molecule has 1 saturated heterocycles. The molecule has 0 N–H and O–H groups in total. The number of likely N-dealkylation sites (tertiary alicyclic amines) is 1. The van der Waals surface area contributed by atoms with Crippen LogP contribution in [0.15, 0.2) is 48.6 Å². The van der Waals surface area contributed by atoms with Crippen LogP contribution in [0.2, 0.25) is 0 Å². The Bertz CT molecular complexity index is 1100. The van der Waals surface area contributed by atoms with Gasteiger partial charge >= 0.3 is 0 Å². The second kappa shape index (κ2) is 8.90. The molecule has 1 amide bonds. The lowest BCUT2D eigenvalue weighted by molar-refractivity contribution is -0.124. The molecule has 2 aromatic heterocycles. The van der Waals surface area contributed by atoms with Crippen LogP contribution in [0, 0.1) is 12.7 Å². The summed E-state index contributed by atoms with van der Waals surface area (Å²) in [5, 5.41) is 0. The minimum atomic E-state index is -0.395. The highest BCUT2D eigenvalue weighted by molar-refractivity contribution is 5.96. The fourth-order valence-electron chi connectivity index (χ4n) is 4.46. The van der Waals surface area contributed by atoms with Gasteiger partial charge in [-0.15, -0.1) is 0 Å². The Morgan fingerprint density at radius 3 is 2.66 bits per heavy atom. The predicted molar refractivity (Wildman–Crippen MR) is 125 cm³/mol. The number of hydrogen-bond donors (Lipinski definition) is 0. The van der Waals surface area contributed by atoms with Crippen molar-refractivity contribution >= 4 is 17.1 Å². The summed E-state index contributed by atoms with van der Waals surface area (Å²) in [5.74, 6) is -0.504. The average molecular weight is 438 g/mol. The van der Waals surface area contributed by atoms with Crippen LogP contribution >= 0.6 is 0 Å². The molecule has 0 aliphatic carbocycles. The van der Waals surface area contributed by atoms with E-state index in [0.717, 1.165) is 37.3 Å². The SMILES string of the molecule is C/C(=C\C(=O)N1C=C(N2CCC(N(C)C)CC2)C=CC1C)c1cc(F)c2nc(C)cn2c1. The van der Waals surface area contributed by atoms with Gasteiger partial charge in [-0.05, 0) is 71.0 Å². The summed E-state index contributed by atoms with van der Waals surface area (Å²) >= 11 is 0. The number of halogens is 1. The molecule has 170 valence electrons. The molecule has 4 heterocycles. The average Bonchev–Trinajstić information content (AvgIpc) is 3.15. The third kappa shape index (κ3) is 4.48. The van der Waals surface area contributed by atoms with Crippen LogP contribution in [0.3, 0.4) is 0 Å². The van der Waals surface area contributed by atoms with Crippen molar-refractivity contribution in [1.29, 1.82) is 0 Å². The molecule has 1 unspecified atom stereocenters. The number of amides is 1. The topological polar surface area (TPSA) is 44.1 Å². The van der Waals surface area contributed by atoms with Crippen LogP contribution in [-0.2, 0) is 4.79 Å². The summed E-state index contributed by atoms with van der Waals surface area (Å²) in [7, 11) is 4.27. The summed E-state index contributed by atoms with van der Waals surface area (Å²) < 4.78 is 16.1. The van der Waals surface area contributed by atoms with Gasteiger partial charge in [-0.25, -0.2) is 9.37 Å². The first-order valence-corrected chi connectivity index (χ1v) is 11.2. The van der Waals surface area contributed by atoms with Crippen molar-refractivity contribution in [3.63, 3.8) is 0 Å². The Balaban J connectivity index is 1.53. The molecular weight excluding hydrogens is 405 g/mol. The van der Waals surface area contributed by atoms with E-state index in [0.29, 0.717) is 22.8 Å². The normalized spacial score (nSPS) is 20.4. The molecule has 2 aliphatic heterocycles. The first-order chi connectivity index (χ1) is 15.2. The van der Waals surface area contributed by atoms with E-state index in [1.807, 2.05) is 33.2 Å². The molecule has 6 nitrogen and oxygen atoms in total. The van der Waals surface area contributed by atoms with Crippen LogP contribution in [0.25, 0.3) is 11.2 Å². The molecular formula is C25H32FN5O. The lowest BCUT2D eigenvalue weighted by Gasteiger charge is -2.39. The number of fused-ring (bicyclic) bond motifs is 1. The number of imidazole rings is 1. The van der Waals surface area contributed by atoms with E-state index in [1.165, 1.54) is 6.07 Å². The molecule has 0 saturated carbocycles. The Hall–Kier alpha value is -2.93. The third-order valence-electron chi connectivity index (χ3n) is 6.49. The number of nitrogens with zero attached hydrogens (tertiary/aromatic N) is 5. The maximum atomic E-state index is 14.5. The van der Waals surface area contributed by atoms with Crippen molar-refractivity contribution in [2.75, 3.05) is 27.2 Å². The maximum absolute atomic E-state index is 14.5. The molecule has 7 heteroatoms. The molecule has 0 radical (unpaired) electrons. The Morgan fingerprint density at radius 1 is 1.25 bits per heavy atom. The first-order valence-electron chi connectivity index (χ1n) is 11.2. The summed E-state index contributed by atoms with van der Waals surface area (Å²) in [6.45, 7) is 7.63. The highest BCUT2D eigenvalue weighted by Crippen LogP contribution is 2.24. The van der Waals surface area contributed by atoms with Crippen molar-refractivity contribution in [2.24, 2.45) is 0 Å². The number of piperidine rings is 1. The fraction of sp³-hybridized carbons (Fsp3) is 0.440. The maximum Gasteiger partial charge on any atom is 0.251 e. The van der Waals surface area contributed by atoms with E-state index >= 15 is 0 Å². The van der Waals surface area contributed by atoms with Crippen molar-refractivity contribution in [3.8, 4) is 0 Å². The second-order valence-electron chi connectivity index (χ2n) is 9.10. The summed E-state index contributed by atoms with van der Waals surface area (Å²) in [5.41, 5.74) is 3.49. The van der Waals surface area contributed by atoms with Crippen LogP contribution in [0.5, 0.6) is 0 Å².